The fourth-order valence-corrected chi connectivity index (χ4v) is 7.50. The van der Waals surface area contributed by atoms with Crippen LogP contribution in [-0.2, 0) is 10.8 Å². The molecular formula is C36H37Cl2N3O4S. The fourth-order valence-electron chi connectivity index (χ4n) is 6.34. The summed E-state index contributed by atoms with van der Waals surface area (Å²) in [6.45, 7) is 3.02. The van der Waals surface area contributed by atoms with Gasteiger partial charge in [0.2, 0.25) is 0 Å². The van der Waals surface area contributed by atoms with Crippen LogP contribution in [-0.4, -0.2) is 61.7 Å². The van der Waals surface area contributed by atoms with Crippen LogP contribution >= 0.6 is 23.2 Å². The summed E-state index contributed by atoms with van der Waals surface area (Å²) in [5.41, 5.74) is 2.78. The van der Waals surface area contributed by atoms with Crippen molar-refractivity contribution in [2.45, 2.75) is 36.0 Å². The first-order chi connectivity index (χ1) is 22.2. The van der Waals surface area contributed by atoms with Crippen molar-refractivity contribution in [2.75, 3.05) is 46.7 Å². The predicted octanol–water partition coefficient (Wildman–Crippen LogP) is 7.56. The number of rotatable bonds is 11. The highest BCUT2D eigenvalue weighted by Crippen LogP contribution is 2.35. The molecule has 0 aliphatic carbocycles. The number of benzene rings is 4. The van der Waals surface area contributed by atoms with E-state index in [0.29, 0.717) is 33.6 Å². The second kappa shape index (κ2) is 15.3. The molecule has 0 spiro atoms. The van der Waals surface area contributed by atoms with Gasteiger partial charge in [-0.2, -0.15) is 5.26 Å². The van der Waals surface area contributed by atoms with E-state index in [1.54, 1.807) is 25.5 Å². The number of halogens is 2. The second-order valence-electron chi connectivity index (χ2n) is 11.5. The summed E-state index contributed by atoms with van der Waals surface area (Å²) in [5.74, 6) is 0.971. The van der Waals surface area contributed by atoms with Crippen molar-refractivity contribution in [1.82, 2.24) is 10.2 Å². The van der Waals surface area contributed by atoms with Crippen molar-refractivity contribution in [3.63, 3.8) is 0 Å². The lowest BCUT2D eigenvalue weighted by molar-refractivity contribution is 0.0948. The molecule has 1 unspecified atom stereocenters. The zero-order valence-electron chi connectivity index (χ0n) is 26.1. The number of likely N-dealkylation sites (tertiary alicyclic amines) is 1. The van der Waals surface area contributed by atoms with E-state index in [-0.39, 0.29) is 17.6 Å². The van der Waals surface area contributed by atoms with Gasteiger partial charge in [0.25, 0.3) is 5.91 Å². The van der Waals surface area contributed by atoms with E-state index in [9.17, 15) is 14.3 Å². The zero-order chi connectivity index (χ0) is 32.8. The Morgan fingerprint density at radius 2 is 1.80 bits per heavy atom. The lowest BCUT2D eigenvalue weighted by Crippen LogP contribution is -2.36. The van der Waals surface area contributed by atoms with Crippen molar-refractivity contribution < 1.29 is 18.5 Å². The lowest BCUT2D eigenvalue weighted by atomic mass is 9.88. The van der Waals surface area contributed by atoms with Crippen molar-refractivity contribution >= 4 is 50.7 Å². The molecule has 1 aliphatic rings. The molecule has 1 aliphatic heterocycles. The predicted molar refractivity (Wildman–Crippen MR) is 185 cm³/mol. The number of nitrogens with one attached hydrogen (secondary N) is 1. The molecule has 46 heavy (non-hydrogen) atoms. The third-order valence-corrected chi connectivity index (χ3v) is 10.5. The number of methoxy groups -OCH3 is 2. The van der Waals surface area contributed by atoms with Crippen molar-refractivity contribution in [1.29, 1.82) is 5.26 Å². The minimum atomic E-state index is -1.10. The highest BCUT2D eigenvalue weighted by Gasteiger charge is 2.26. The monoisotopic (exact) mass is 677 g/mol. The maximum atomic E-state index is 13.8. The van der Waals surface area contributed by atoms with Gasteiger partial charge < -0.3 is 19.7 Å². The van der Waals surface area contributed by atoms with Crippen LogP contribution in [0.4, 0.5) is 0 Å². The highest BCUT2D eigenvalue weighted by molar-refractivity contribution is 7.84. The Hall–Kier alpha value is -3.61. The first kappa shape index (κ1) is 33.7. The van der Waals surface area contributed by atoms with E-state index in [1.807, 2.05) is 48.5 Å². The molecule has 4 aromatic rings. The molecule has 4 aromatic carbocycles. The maximum absolute atomic E-state index is 13.8. The van der Waals surface area contributed by atoms with E-state index in [1.165, 1.54) is 7.11 Å². The minimum Gasteiger partial charge on any atom is -0.497 e. The SMILES string of the molecule is COc1ccc(C2CCN(CC[C@H](CNC(=O)c3c(OC)c(C#N)cc4ccccc34)c3ccc(Cl)c(Cl)c3)CC2)c(S(C)=O)c1. The molecule has 5 rings (SSSR count). The number of carbonyl (C=O) groups is 1. The van der Waals surface area contributed by atoms with Crippen LogP contribution in [0.3, 0.4) is 0 Å². The normalized spacial score (nSPS) is 15.2. The summed E-state index contributed by atoms with van der Waals surface area (Å²) in [4.78, 5) is 17.1. The topological polar surface area (TPSA) is 91.7 Å². The van der Waals surface area contributed by atoms with Gasteiger partial charge in [-0.1, -0.05) is 59.6 Å². The van der Waals surface area contributed by atoms with Gasteiger partial charge in [-0.15, -0.1) is 0 Å². The van der Waals surface area contributed by atoms with Gasteiger partial charge in [0.1, 0.15) is 17.6 Å². The van der Waals surface area contributed by atoms with Gasteiger partial charge in [0, 0.05) is 23.6 Å². The highest BCUT2D eigenvalue weighted by atomic mass is 35.5. The average molecular weight is 679 g/mol. The van der Waals surface area contributed by atoms with E-state index >= 15 is 0 Å². The quantitative estimate of drug-likeness (QED) is 0.176. The van der Waals surface area contributed by atoms with Gasteiger partial charge in [-0.05, 0) is 97.0 Å². The van der Waals surface area contributed by atoms with Crippen LogP contribution in [0.1, 0.15) is 58.1 Å². The first-order valence-electron chi connectivity index (χ1n) is 15.2. The number of carbonyl (C=O) groups excluding carboxylic acids is 1. The molecular weight excluding hydrogens is 641 g/mol. The van der Waals surface area contributed by atoms with Crippen LogP contribution < -0.4 is 14.8 Å². The minimum absolute atomic E-state index is 0.0384. The van der Waals surface area contributed by atoms with Crippen molar-refractivity contribution in [2.24, 2.45) is 0 Å². The summed E-state index contributed by atoms with van der Waals surface area (Å²) in [6, 6.07) is 22.9. The molecule has 7 nitrogen and oxygen atoms in total. The zero-order valence-corrected chi connectivity index (χ0v) is 28.5. The number of nitriles is 1. The molecule has 0 aromatic heterocycles. The standard InChI is InChI=1S/C36H37Cl2N3O4S/c1-44-28-9-10-29(33(20-28)46(3)43)23-12-15-41(16-13-23)17-14-26(24-8-11-31(37)32(38)19-24)22-40-36(42)34-30-7-5-4-6-25(30)18-27(21-39)35(34)45-2/h4-11,18-20,23,26H,12-17,22H2,1-3H3,(H,40,42)/t26-,46?/m1/s1. The number of amides is 1. The van der Waals surface area contributed by atoms with E-state index < -0.39 is 10.8 Å². The van der Waals surface area contributed by atoms with Crippen molar-refractivity contribution in [3.8, 4) is 17.6 Å². The molecule has 1 fully saturated rings. The largest absolute Gasteiger partial charge is 0.497 e. The summed E-state index contributed by atoms with van der Waals surface area (Å²) in [6.07, 6.45) is 4.43. The number of piperidine rings is 1. The van der Waals surface area contributed by atoms with Gasteiger partial charge in [0.05, 0.1) is 46.2 Å². The van der Waals surface area contributed by atoms with Crippen LogP contribution in [0.15, 0.2) is 71.6 Å². The van der Waals surface area contributed by atoms with Crippen LogP contribution in [0.25, 0.3) is 10.8 Å². The van der Waals surface area contributed by atoms with E-state index in [2.05, 4.69) is 22.4 Å². The molecule has 10 heteroatoms. The molecule has 0 bridgehead atoms. The number of hydrogen-bond donors (Lipinski definition) is 1. The van der Waals surface area contributed by atoms with E-state index in [0.717, 1.165) is 71.4 Å². The first-order valence-corrected chi connectivity index (χ1v) is 17.5. The molecule has 240 valence electrons. The Kier molecular flexibility index (Phi) is 11.2. The van der Waals surface area contributed by atoms with Gasteiger partial charge in [-0.25, -0.2) is 0 Å². The second-order valence-corrected chi connectivity index (χ2v) is 13.7. The van der Waals surface area contributed by atoms with Gasteiger partial charge >= 0.3 is 0 Å². The van der Waals surface area contributed by atoms with E-state index in [4.69, 9.17) is 32.7 Å². The van der Waals surface area contributed by atoms with Gasteiger partial charge in [0.15, 0.2) is 0 Å². The molecule has 2 atom stereocenters. The van der Waals surface area contributed by atoms with Crippen LogP contribution in [0.2, 0.25) is 10.0 Å². The third-order valence-electron chi connectivity index (χ3n) is 8.83. The summed E-state index contributed by atoms with van der Waals surface area (Å²) in [7, 11) is 1.99. The Labute approximate surface area is 282 Å². The summed E-state index contributed by atoms with van der Waals surface area (Å²) < 4.78 is 23.4. The Morgan fingerprint density at radius 1 is 1.04 bits per heavy atom. The number of fused-ring (bicyclic) bond motifs is 1. The van der Waals surface area contributed by atoms with Crippen LogP contribution in [0.5, 0.6) is 11.5 Å². The maximum Gasteiger partial charge on any atom is 0.255 e. The molecule has 0 saturated carbocycles. The smallest absolute Gasteiger partial charge is 0.255 e. The Balaban J connectivity index is 1.31. The number of nitrogens with zero attached hydrogens (tertiary/aromatic N) is 2. The summed E-state index contributed by atoms with van der Waals surface area (Å²) in [5, 5.41) is 15.3. The molecule has 1 heterocycles. The Morgan fingerprint density at radius 3 is 2.48 bits per heavy atom. The lowest BCUT2D eigenvalue weighted by Gasteiger charge is -2.34. The molecule has 1 saturated heterocycles. The van der Waals surface area contributed by atoms with Gasteiger partial charge in [-0.3, -0.25) is 9.00 Å². The fraction of sp³-hybridized carbons (Fsp3) is 0.333. The number of ether oxygens (including phenoxy) is 2. The average Bonchev–Trinajstić information content (AvgIpc) is 3.08. The summed E-state index contributed by atoms with van der Waals surface area (Å²) >= 11 is 12.7. The number of hydrogen-bond acceptors (Lipinski definition) is 6. The third kappa shape index (κ3) is 7.50. The molecule has 1 N–H and O–H groups in total. The molecule has 0 radical (unpaired) electrons. The van der Waals surface area contributed by atoms with Crippen molar-refractivity contribution in [3.05, 3.63) is 99.0 Å². The van der Waals surface area contributed by atoms with Crippen LogP contribution in [0, 0.1) is 11.3 Å². The molecule has 1 amide bonds. The Bertz CT molecular complexity index is 1800.